The fraction of sp³-hybridized carbons (Fsp3) is 0.538. The molecule has 0 saturated carbocycles. The zero-order valence-electron chi connectivity index (χ0n) is 10.4. The third-order valence-corrected chi connectivity index (χ3v) is 3.18. The first-order chi connectivity index (χ1) is 8.18. The van der Waals surface area contributed by atoms with Crippen LogP contribution in [-0.4, -0.2) is 34.9 Å². The maximum absolute atomic E-state index is 12.1. The van der Waals surface area contributed by atoms with Crippen molar-refractivity contribution >= 4 is 11.6 Å². The third kappa shape index (κ3) is 2.75. The molecule has 1 fully saturated rings. The summed E-state index contributed by atoms with van der Waals surface area (Å²) in [5.41, 5.74) is 2.05. The summed E-state index contributed by atoms with van der Waals surface area (Å²) in [6.07, 6.45) is 5.80. The average molecular weight is 233 g/mol. The lowest BCUT2D eigenvalue weighted by Crippen LogP contribution is -2.39. The number of hydrogen-bond acceptors (Lipinski definition) is 3. The number of rotatable bonds is 3. The van der Waals surface area contributed by atoms with Crippen LogP contribution in [0.2, 0.25) is 0 Å². The summed E-state index contributed by atoms with van der Waals surface area (Å²) in [5.74, 6) is 0.193. The Bertz CT molecular complexity index is 399. The van der Waals surface area contributed by atoms with E-state index in [0.717, 1.165) is 37.2 Å². The number of aryl methyl sites for hydroxylation is 1. The highest BCUT2D eigenvalue weighted by atomic mass is 16.2. The molecular formula is C13H19N3O. The van der Waals surface area contributed by atoms with E-state index < -0.39 is 0 Å². The van der Waals surface area contributed by atoms with Crippen molar-refractivity contribution in [3.05, 3.63) is 24.0 Å². The van der Waals surface area contributed by atoms with Crippen LogP contribution in [0.3, 0.4) is 0 Å². The summed E-state index contributed by atoms with van der Waals surface area (Å²) < 4.78 is 0. The van der Waals surface area contributed by atoms with Gasteiger partial charge in [-0.05, 0) is 38.3 Å². The zero-order valence-corrected chi connectivity index (χ0v) is 10.4. The minimum atomic E-state index is -0.172. The van der Waals surface area contributed by atoms with E-state index in [1.165, 1.54) is 0 Å². The van der Waals surface area contributed by atoms with E-state index >= 15 is 0 Å². The smallest absolute Gasteiger partial charge is 0.244 e. The number of carbonyl (C=O) groups is 1. The molecule has 1 amide bonds. The van der Waals surface area contributed by atoms with E-state index in [0.29, 0.717) is 0 Å². The van der Waals surface area contributed by atoms with Crippen molar-refractivity contribution in [3.8, 4) is 0 Å². The molecule has 1 aromatic rings. The van der Waals surface area contributed by atoms with Crippen LogP contribution >= 0.6 is 0 Å². The Morgan fingerprint density at radius 3 is 2.82 bits per heavy atom. The predicted molar refractivity (Wildman–Crippen MR) is 67.9 cm³/mol. The standard InChI is InChI=1S/C13H19N3O/c1-10-9-14-6-5-12(10)15-11(2)13(17)16-7-3-4-8-16/h5-6,9,11H,3-4,7-8H2,1-2H3,(H,14,15). The summed E-state index contributed by atoms with van der Waals surface area (Å²) in [6, 6.07) is 1.73. The maximum Gasteiger partial charge on any atom is 0.244 e. The fourth-order valence-corrected chi connectivity index (χ4v) is 2.14. The molecule has 1 atom stereocenters. The van der Waals surface area contributed by atoms with Crippen LogP contribution in [0.5, 0.6) is 0 Å². The third-order valence-electron chi connectivity index (χ3n) is 3.18. The minimum Gasteiger partial charge on any atom is -0.374 e. The Morgan fingerprint density at radius 2 is 2.18 bits per heavy atom. The molecule has 0 spiro atoms. The highest BCUT2D eigenvalue weighted by Crippen LogP contribution is 2.15. The van der Waals surface area contributed by atoms with Crippen LogP contribution in [0.25, 0.3) is 0 Å². The van der Waals surface area contributed by atoms with Gasteiger partial charge in [-0.2, -0.15) is 0 Å². The van der Waals surface area contributed by atoms with Crippen molar-refractivity contribution in [1.82, 2.24) is 9.88 Å². The molecule has 1 saturated heterocycles. The lowest BCUT2D eigenvalue weighted by Gasteiger charge is -2.22. The molecule has 0 aliphatic carbocycles. The molecule has 4 nitrogen and oxygen atoms in total. The number of pyridine rings is 1. The largest absolute Gasteiger partial charge is 0.374 e. The van der Waals surface area contributed by atoms with Gasteiger partial charge in [-0.15, -0.1) is 0 Å². The van der Waals surface area contributed by atoms with Gasteiger partial charge >= 0.3 is 0 Å². The molecule has 0 radical (unpaired) electrons. The van der Waals surface area contributed by atoms with Crippen molar-refractivity contribution in [1.29, 1.82) is 0 Å². The summed E-state index contributed by atoms with van der Waals surface area (Å²) in [6.45, 7) is 5.71. The second kappa shape index (κ2) is 5.17. The van der Waals surface area contributed by atoms with Crippen molar-refractivity contribution in [2.45, 2.75) is 32.7 Å². The molecule has 1 aliphatic heterocycles. The van der Waals surface area contributed by atoms with Gasteiger partial charge in [0.25, 0.3) is 0 Å². The first-order valence-corrected chi connectivity index (χ1v) is 6.14. The maximum atomic E-state index is 12.1. The summed E-state index contributed by atoms with van der Waals surface area (Å²) in [4.78, 5) is 18.1. The van der Waals surface area contributed by atoms with Crippen molar-refractivity contribution < 1.29 is 4.79 Å². The first kappa shape index (κ1) is 11.9. The predicted octanol–water partition coefficient (Wildman–Crippen LogP) is 1.81. The average Bonchev–Trinajstić information content (AvgIpc) is 2.84. The Labute approximate surface area is 102 Å². The minimum absolute atomic E-state index is 0.172. The van der Waals surface area contributed by atoms with Crippen molar-refractivity contribution in [3.63, 3.8) is 0 Å². The number of hydrogen-bond donors (Lipinski definition) is 1. The normalized spacial score (nSPS) is 16.9. The molecule has 1 aromatic heterocycles. The molecule has 0 aromatic carbocycles. The summed E-state index contributed by atoms with van der Waals surface area (Å²) in [5, 5.41) is 3.26. The van der Waals surface area contributed by atoms with Crippen molar-refractivity contribution in [2.75, 3.05) is 18.4 Å². The lowest BCUT2D eigenvalue weighted by molar-refractivity contribution is -0.130. The van der Waals surface area contributed by atoms with Crippen molar-refractivity contribution in [2.24, 2.45) is 0 Å². The molecule has 1 aliphatic rings. The van der Waals surface area contributed by atoms with E-state index in [1.54, 1.807) is 12.4 Å². The van der Waals surface area contributed by atoms with Crippen LogP contribution < -0.4 is 5.32 Å². The highest BCUT2D eigenvalue weighted by Gasteiger charge is 2.23. The molecule has 92 valence electrons. The Kier molecular flexibility index (Phi) is 3.61. The molecule has 2 rings (SSSR count). The molecule has 4 heteroatoms. The number of amides is 1. The van der Waals surface area contributed by atoms with E-state index in [4.69, 9.17) is 0 Å². The van der Waals surface area contributed by atoms with Gasteiger partial charge in [0.05, 0.1) is 0 Å². The molecular weight excluding hydrogens is 214 g/mol. The van der Waals surface area contributed by atoms with E-state index in [9.17, 15) is 4.79 Å². The Balaban J connectivity index is 1.99. The second-order valence-electron chi connectivity index (χ2n) is 4.59. The quantitative estimate of drug-likeness (QED) is 0.866. The SMILES string of the molecule is Cc1cnccc1NC(C)C(=O)N1CCCC1. The number of likely N-dealkylation sites (tertiary alicyclic amines) is 1. The highest BCUT2D eigenvalue weighted by molar-refractivity contribution is 5.84. The van der Waals surface area contributed by atoms with Crippen LogP contribution in [-0.2, 0) is 4.79 Å². The van der Waals surface area contributed by atoms with Crippen LogP contribution in [0.15, 0.2) is 18.5 Å². The van der Waals surface area contributed by atoms with Crippen LogP contribution in [0, 0.1) is 6.92 Å². The van der Waals surface area contributed by atoms with E-state index in [1.807, 2.05) is 24.8 Å². The first-order valence-electron chi connectivity index (χ1n) is 6.14. The summed E-state index contributed by atoms with van der Waals surface area (Å²) in [7, 11) is 0. The van der Waals surface area contributed by atoms with Crippen LogP contribution in [0.4, 0.5) is 5.69 Å². The number of nitrogens with zero attached hydrogens (tertiary/aromatic N) is 2. The summed E-state index contributed by atoms with van der Waals surface area (Å²) >= 11 is 0. The van der Waals surface area contributed by atoms with Gasteiger partial charge < -0.3 is 10.2 Å². The molecule has 17 heavy (non-hydrogen) atoms. The fourth-order valence-electron chi connectivity index (χ4n) is 2.14. The molecule has 1 unspecified atom stereocenters. The van der Waals surface area contributed by atoms with Gasteiger partial charge in [-0.3, -0.25) is 9.78 Å². The van der Waals surface area contributed by atoms with Gasteiger partial charge in [-0.1, -0.05) is 0 Å². The Morgan fingerprint density at radius 1 is 1.47 bits per heavy atom. The van der Waals surface area contributed by atoms with Gasteiger partial charge in [0.2, 0.25) is 5.91 Å². The van der Waals surface area contributed by atoms with E-state index in [-0.39, 0.29) is 11.9 Å². The van der Waals surface area contributed by atoms with Gasteiger partial charge in [0.15, 0.2) is 0 Å². The van der Waals surface area contributed by atoms with Gasteiger partial charge in [0, 0.05) is 31.2 Å². The van der Waals surface area contributed by atoms with E-state index in [2.05, 4.69) is 10.3 Å². The monoisotopic (exact) mass is 233 g/mol. The number of nitrogens with one attached hydrogen (secondary N) is 1. The number of aromatic nitrogens is 1. The lowest BCUT2D eigenvalue weighted by atomic mass is 10.2. The topological polar surface area (TPSA) is 45.2 Å². The Hall–Kier alpha value is -1.58. The molecule has 1 N–H and O–H groups in total. The van der Waals surface area contributed by atoms with Gasteiger partial charge in [0.1, 0.15) is 6.04 Å². The second-order valence-corrected chi connectivity index (χ2v) is 4.59. The molecule has 0 bridgehead atoms. The molecule has 2 heterocycles. The number of anilines is 1. The zero-order chi connectivity index (χ0) is 12.3. The number of carbonyl (C=O) groups excluding carboxylic acids is 1. The van der Waals surface area contributed by atoms with Crippen LogP contribution in [0.1, 0.15) is 25.3 Å². The van der Waals surface area contributed by atoms with Gasteiger partial charge in [-0.25, -0.2) is 0 Å².